The maximum atomic E-state index is 13.9. The fourth-order valence-corrected chi connectivity index (χ4v) is 5.56. The molecule has 0 aromatic heterocycles. The Morgan fingerprint density at radius 3 is 2.40 bits per heavy atom. The standard InChI is InChI=1S/C25H19F2NO7/c26-14-3-1-9(7-15(14)27)12-2-4-16(29)19-13(12)6-10-5-11-8-17(30)20(24(28)34)23(33)25(11,35)22(32)18(10)21(19)31/h1-4,7,10-11,29,31,33,35H,5-6,8H2,(H2,28,34)/t10-,11+,25+/m1/s1. The lowest BCUT2D eigenvalue weighted by Gasteiger charge is -2.46. The summed E-state index contributed by atoms with van der Waals surface area (Å²) in [4.78, 5) is 37.6. The van der Waals surface area contributed by atoms with Gasteiger partial charge in [0.1, 0.15) is 22.8 Å². The van der Waals surface area contributed by atoms with Crippen LogP contribution in [0.15, 0.2) is 47.2 Å². The molecule has 0 heterocycles. The van der Waals surface area contributed by atoms with Gasteiger partial charge in [-0.1, -0.05) is 12.1 Å². The van der Waals surface area contributed by atoms with Gasteiger partial charge in [0, 0.05) is 17.9 Å². The van der Waals surface area contributed by atoms with Gasteiger partial charge >= 0.3 is 0 Å². The lowest BCUT2D eigenvalue weighted by atomic mass is 9.59. The third kappa shape index (κ3) is 3.02. The number of carbonyl (C=O) groups is 3. The number of aromatic hydroxyl groups is 1. The number of phenols is 1. The van der Waals surface area contributed by atoms with Gasteiger partial charge in [-0.15, -0.1) is 0 Å². The van der Waals surface area contributed by atoms with Gasteiger partial charge < -0.3 is 26.2 Å². The van der Waals surface area contributed by atoms with E-state index in [0.717, 1.165) is 12.1 Å². The Bertz CT molecular complexity index is 1430. The zero-order valence-corrected chi connectivity index (χ0v) is 18.0. The van der Waals surface area contributed by atoms with E-state index in [-0.39, 0.29) is 29.5 Å². The third-order valence-corrected chi connectivity index (χ3v) is 7.18. The van der Waals surface area contributed by atoms with E-state index in [1.165, 1.54) is 18.2 Å². The van der Waals surface area contributed by atoms with E-state index in [9.17, 15) is 43.6 Å². The predicted octanol–water partition coefficient (Wildman–Crippen LogP) is 2.37. The summed E-state index contributed by atoms with van der Waals surface area (Å²) < 4.78 is 27.4. The predicted molar refractivity (Wildman–Crippen MR) is 117 cm³/mol. The summed E-state index contributed by atoms with van der Waals surface area (Å²) in [5.74, 6) is -9.39. The highest BCUT2D eigenvalue weighted by Gasteiger charge is 2.60. The zero-order valence-electron chi connectivity index (χ0n) is 18.0. The monoisotopic (exact) mass is 483 g/mol. The minimum absolute atomic E-state index is 0.0320. The molecule has 10 heteroatoms. The summed E-state index contributed by atoms with van der Waals surface area (Å²) in [6.07, 6.45) is -0.412. The van der Waals surface area contributed by atoms with Crippen LogP contribution in [0.5, 0.6) is 5.75 Å². The van der Waals surface area contributed by atoms with Crippen LogP contribution in [0.2, 0.25) is 0 Å². The van der Waals surface area contributed by atoms with Crippen molar-refractivity contribution in [1.82, 2.24) is 0 Å². The number of carbonyl (C=O) groups excluding carboxylic acids is 3. The van der Waals surface area contributed by atoms with Gasteiger partial charge in [-0.05, 0) is 53.6 Å². The Morgan fingerprint density at radius 1 is 1.03 bits per heavy atom. The van der Waals surface area contributed by atoms with Crippen LogP contribution in [0.4, 0.5) is 8.78 Å². The van der Waals surface area contributed by atoms with E-state index in [1.807, 2.05) is 0 Å². The highest BCUT2D eigenvalue weighted by Crippen LogP contribution is 2.53. The summed E-state index contributed by atoms with van der Waals surface area (Å²) >= 11 is 0. The largest absolute Gasteiger partial charge is 0.508 e. The van der Waals surface area contributed by atoms with E-state index in [4.69, 9.17) is 5.73 Å². The number of hydrogen-bond acceptors (Lipinski definition) is 7. The lowest BCUT2D eigenvalue weighted by molar-refractivity contribution is -0.147. The molecular weight excluding hydrogens is 464 g/mol. The van der Waals surface area contributed by atoms with Crippen LogP contribution in [0.1, 0.15) is 24.0 Å². The summed E-state index contributed by atoms with van der Waals surface area (Å²) in [5, 5.41) is 43.4. The number of benzene rings is 2. The molecule has 35 heavy (non-hydrogen) atoms. The Morgan fingerprint density at radius 2 is 1.74 bits per heavy atom. The summed E-state index contributed by atoms with van der Waals surface area (Å²) in [7, 11) is 0. The second-order valence-corrected chi connectivity index (χ2v) is 9.02. The van der Waals surface area contributed by atoms with Crippen molar-refractivity contribution in [3.8, 4) is 16.9 Å². The van der Waals surface area contributed by atoms with Gasteiger partial charge in [-0.25, -0.2) is 8.78 Å². The molecule has 6 N–H and O–H groups in total. The smallest absolute Gasteiger partial charge is 0.255 e. The third-order valence-electron chi connectivity index (χ3n) is 7.18. The van der Waals surface area contributed by atoms with Crippen molar-refractivity contribution in [1.29, 1.82) is 0 Å². The number of fused-ring (bicyclic) bond motifs is 3. The van der Waals surface area contributed by atoms with Crippen molar-refractivity contribution in [2.45, 2.75) is 24.9 Å². The number of aliphatic hydroxyl groups is 3. The molecule has 0 aliphatic heterocycles. The molecule has 1 fully saturated rings. The minimum atomic E-state index is -2.65. The summed E-state index contributed by atoms with van der Waals surface area (Å²) in [6.45, 7) is 0. The summed E-state index contributed by atoms with van der Waals surface area (Å²) in [6, 6.07) is 5.94. The highest BCUT2D eigenvalue weighted by molar-refractivity contribution is 6.22. The Labute approximate surface area is 196 Å². The van der Waals surface area contributed by atoms with Crippen molar-refractivity contribution in [3.63, 3.8) is 0 Å². The SMILES string of the molecule is NC(=O)C1=C(O)[C@@]2(O)C(=O)C3=C(O)c4c(O)ccc(-c5ccc(F)c(F)c5)c4C[C@H]3C[C@H]2CC1=O. The molecule has 0 saturated heterocycles. The molecule has 1 saturated carbocycles. The maximum Gasteiger partial charge on any atom is 0.255 e. The van der Waals surface area contributed by atoms with E-state index in [0.29, 0.717) is 11.1 Å². The Hall–Kier alpha value is -4.05. The van der Waals surface area contributed by atoms with Crippen molar-refractivity contribution in [2.75, 3.05) is 0 Å². The fourth-order valence-electron chi connectivity index (χ4n) is 5.56. The average molecular weight is 483 g/mol. The first-order valence-electron chi connectivity index (χ1n) is 10.7. The molecule has 0 bridgehead atoms. The van der Waals surface area contributed by atoms with E-state index >= 15 is 0 Å². The molecule has 0 spiro atoms. The van der Waals surface area contributed by atoms with Crippen molar-refractivity contribution in [2.24, 2.45) is 17.6 Å². The number of phenolic OH excluding ortho intramolecular Hbond substituents is 1. The molecule has 1 amide bonds. The van der Waals surface area contributed by atoms with Crippen LogP contribution in [0, 0.1) is 23.5 Å². The van der Waals surface area contributed by atoms with Crippen LogP contribution >= 0.6 is 0 Å². The first-order chi connectivity index (χ1) is 16.5. The number of rotatable bonds is 2. The van der Waals surface area contributed by atoms with Gasteiger partial charge in [0.05, 0.1) is 5.56 Å². The second-order valence-electron chi connectivity index (χ2n) is 9.02. The number of nitrogens with two attached hydrogens (primary N) is 1. The first-order valence-corrected chi connectivity index (χ1v) is 10.7. The highest BCUT2D eigenvalue weighted by atomic mass is 19.2. The fraction of sp³-hybridized carbons (Fsp3) is 0.240. The number of amides is 1. The number of ketones is 2. The molecule has 3 aliphatic rings. The maximum absolute atomic E-state index is 13.9. The normalized spacial score (nSPS) is 25.8. The van der Waals surface area contributed by atoms with Crippen molar-refractivity contribution >= 4 is 23.2 Å². The van der Waals surface area contributed by atoms with Gasteiger partial charge in [0.25, 0.3) is 5.91 Å². The summed E-state index contributed by atoms with van der Waals surface area (Å²) in [5.41, 5.74) is 2.26. The minimum Gasteiger partial charge on any atom is -0.508 e. The molecule has 5 rings (SSSR count). The van der Waals surface area contributed by atoms with E-state index in [1.54, 1.807) is 0 Å². The molecule has 0 radical (unpaired) electrons. The molecule has 3 atom stereocenters. The first kappa shape index (κ1) is 22.7. The number of hydrogen-bond donors (Lipinski definition) is 5. The quantitative estimate of drug-likeness (QED) is 0.410. The molecule has 3 aliphatic carbocycles. The Balaban J connectivity index is 1.71. The van der Waals surface area contributed by atoms with Gasteiger partial charge in [0.2, 0.25) is 5.78 Å². The average Bonchev–Trinajstić information content (AvgIpc) is 2.78. The van der Waals surface area contributed by atoms with Crippen LogP contribution < -0.4 is 5.73 Å². The molecular formula is C25H19F2NO7. The zero-order chi connectivity index (χ0) is 25.4. The second kappa shape index (κ2) is 7.47. The van der Waals surface area contributed by atoms with Crippen LogP contribution in [0.25, 0.3) is 16.9 Å². The van der Waals surface area contributed by atoms with Crippen LogP contribution in [-0.2, 0) is 20.8 Å². The van der Waals surface area contributed by atoms with Crippen LogP contribution in [-0.4, -0.2) is 43.5 Å². The number of halogens is 2. The van der Waals surface area contributed by atoms with Gasteiger partial charge in [0.15, 0.2) is 23.0 Å². The van der Waals surface area contributed by atoms with E-state index < -0.39 is 75.8 Å². The molecule has 2 aromatic rings. The van der Waals surface area contributed by atoms with Crippen molar-refractivity contribution < 1.29 is 43.6 Å². The lowest BCUT2D eigenvalue weighted by Crippen LogP contribution is -2.58. The molecule has 0 unspecified atom stereocenters. The van der Waals surface area contributed by atoms with Gasteiger partial charge in [-0.3, -0.25) is 14.4 Å². The van der Waals surface area contributed by atoms with Crippen LogP contribution in [0.3, 0.4) is 0 Å². The number of primary amides is 1. The molecule has 8 nitrogen and oxygen atoms in total. The van der Waals surface area contributed by atoms with Crippen molar-refractivity contribution in [3.05, 3.63) is 70.0 Å². The molecule has 180 valence electrons. The Kier molecular flexibility index (Phi) is 4.85. The number of aliphatic hydroxyl groups excluding tert-OH is 2. The van der Waals surface area contributed by atoms with E-state index in [2.05, 4.69) is 0 Å². The number of Topliss-reactive ketones (excluding diaryl/α,β-unsaturated/α-hetero) is 2. The molecule has 2 aromatic carbocycles. The topological polar surface area (TPSA) is 158 Å². The van der Waals surface area contributed by atoms with Gasteiger partial charge in [-0.2, -0.15) is 0 Å².